The van der Waals surface area contributed by atoms with Gasteiger partial charge in [-0.05, 0) is 73.2 Å². The first-order chi connectivity index (χ1) is 15.8. The summed E-state index contributed by atoms with van der Waals surface area (Å²) in [5.41, 5.74) is 1.35. The lowest BCUT2D eigenvalue weighted by molar-refractivity contribution is -0.123. The molecule has 0 radical (unpaired) electrons. The van der Waals surface area contributed by atoms with E-state index in [0.717, 1.165) is 11.3 Å². The van der Waals surface area contributed by atoms with Crippen molar-refractivity contribution in [2.45, 2.75) is 17.9 Å². The summed E-state index contributed by atoms with van der Waals surface area (Å²) in [6.45, 7) is 1.67. The van der Waals surface area contributed by atoms with Crippen molar-refractivity contribution < 1.29 is 27.4 Å². The van der Waals surface area contributed by atoms with Crippen molar-refractivity contribution in [3.05, 3.63) is 78.4 Å². The summed E-state index contributed by atoms with van der Waals surface area (Å²) in [5.74, 6) is 1.45. The molecule has 0 aliphatic rings. The van der Waals surface area contributed by atoms with Crippen LogP contribution in [0.25, 0.3) is 0 Å². The van der Waals surface area contributed by atoms with Gasteiger partial charge in [0, 0.05) is 5.69 Å². The molecule has 3 aromatic carbocycles. The lowest BCUT2D eigenvalue weighted by Crippen LogP contribution is -2.31. The highest BCUT2D eigenvalue weighted by molar-refractivity contribution is 7.92. The van der Waals surface area contributed by atoms with Crippen molar-refractivity contribution >= 4 is 21.6 Å². The second-order valence-electron chi connectivity index (χ2n) is 7.16. The number of nitrogens with one attached hydrogen (secondary N) is 2. The second-order valence-corrected chi connectivity index (χ2v) is 8.84. The monoisotopic (exact) mass is 470 g/mol. The lowest BCUT2D eigenvalue weighted by Gasteiger charge is -2.15. The highest BCUT2D eigenvalue weighted by Gasteiger charge is 2.15. The van der Waals surface area contributed by atoms with E-state index in [-0.39, 0.29) is 23.5 Å². The Morgan fingerprint density at radius 3 is 1.88 bits per heavy atom. The van der Waals surface area contributed by atoms with Gasteiger partial charge in [0.05, 0.1) is 25.2 Å². The van der Waals surface area contributed by atoms with Gasteiger partial charge in [-0.2, -0.15) is 0 Å². The number of amides is 1. The van der Waals surface area contributed by atoms with Gasteiger partial charge >= 0.3 is 0 Å². The van der Waals surface area contributed by atoms with Crippen molar-refractivity contribution in [2.24, 2.45) is 0 Å². The smallest absolute Gasteiger partial charge is 0.261 e. The zero-order valence-electron chi connectivity index (χ0n) is 18.6. The molecule has 2 N–H and O–H groups in total. The normalized spacial score (nSPS) is 11.8. The zero-order chi connectivity index (χ0) is 23.8. The van der Waals surface area contributed by atoms with Crippen LogP contribution < -0.4 is 24.2 Å². The lowest BCUT2D eigenvalue weighted by atomic mass is 10.1. The number of sulfonamides is 1. The van der Waals surface area contributed by atoms with Gasteiger partial charge in [0.25, 0.3) is 15.9 Å². The number of hydrogen-bond acceptors (Lipinski definition) is 6. The molecule has 0 unspecified atom stereocenters. The molecule has 0 spiro atoms. The molecule has 3 aromatic rings. The van der Waals surface area contributed by atoms with E-state index in [1.807, 2.05) is 31.2 Å². The van der Waals surface area contributed by atoms with Crippen LogP contribution in [0.15, 0.2) is 77.7 Å². The summed E-state index contributed by atoms with van der Waals surface area (Å²) in [5, 5.41) is 2.86. The Bertz CT molecular complexity index is 1160. The Labute approximate surface area is 193 Å². The first-order valence-corrected chi connectivity index (χ1v) is 11.6. The third kappa shape index (κ3) is 6.63. The molecule has 0 saturated carbocycles. The number of ether oxygens (including phenoxy) is 3. The van der Waals surface area contributed by atoms with Gasteiger partial charge in [0.15, 0.2) is 6.61 Å². The summed E-state index contributed by atoms with van der Waals surface area (Å²) in [6.07, 6.45) is 0. The number of hydrogen-bond donors (Lipinski definition) is 2. The molecule has 174 valence electrons. The summed E-state index contributed by atoms with van der Waals surface area (Å²) in [7, 11) is -0.637. The fraction of sp³-hybridized carbons (Fsp3) is 0.208. The van der Waals surface area contributed by atoms with Crippen LogP contribution in [-0.4, -0.2) is 35.2 Å². The molecule has 3 rings (SSSR count). The van der Waals surface area contributed by atoms with Crippen molar-refractivity contribution in [3.63, 3.8) is 0 Å². The van der Waals surface area contributed by atoms with Gasteiger partial charge in [0.1, 0.15) is 17.2 Å². The fourth-order valence-corrected chi connectivity index (χ4v) is 4.05. The minimum atomic E-state index is -3.77. The average molecular weight is 471 g/mol. The number of benzene rings is 3. The molecule has 0 aliphatic heterocycles. The molecule has 0 aromatic heterocycles. The van der Waals surface area contributed by atoms with Crippen LogP contribution in [0.1, 0.15) is 18.5 Å². The zero-order valence-corrected chi connectivity index (χ0v) is 19.4. The molecule has 0 saturated heterocycles. The Balaban J connectivity index is 1.53. The van der Waals surface area contributed by atoms with Crippen molar-refractivity contribution in [1.29, 1.82) is 0 Å². The fourth-order valence-electron chi connectivity index (χ4n) is 3.00. The predicted octanol–water partition coefficient (Wildman–Crippen LogP) is 3.76. The topological polar surface area (TPSA) is 103 Å². The van der Waals surface area contributed by atoms with Gasteiger partial charge in [-0.25, -0.2) is 8.42 Å². The van der Waals surface area contributed by atoms with E-state index in [0.29, 0.717) is 17.2 Å². The maximum Gasteiger partial charge on any atom is 0.261 e. The van der Waals surface area contributed by atoms with E-state index >= 15 is 0 Å². The predicted molar refractivity (Wildman–Crippen MR) is 125 cm³/mol. The van der Waals surface area contributed by atoms with Gasteiger partial charge in [-0.15, -0.1) is 0 Å². The van der Waals surface area contributed by atoms with Crippen LogP contribution in [0.3, 0.4) is 0 Å². The first-order valence-electron chi connectivity index (χ1n) is 10.1. The molecule has 33 heavy (non-hydrogen) atoms. The highest BCUT2D eigenvalue weighted by Crippen LogP contribution is 2.21. The maximum atomic E-state index is 12.6. The van der Waals surface area contributed by atoms with Crippen molar-refractivity contribution in [2.75, 3.05) is 25.5 Å². The Hall–Kier alpha value is -3.72. The van der Waals surface area contributed by atoms with Crippen molar-refractivity contribution in [1.82, 2.24) is 5.32 Å². The van der Waals surface area contributed by atoms with Crippen LogP contribution in [-0.2, 0) is 14.8 Å². The van der Waals surface area contributed by atoms with Gasteiger partial charge in [-0.1, -0.05) is 12.1 Å². The minimum Gasteiger partial charge on any atom is -0.497 e. The summed E-state index contributed by atoms with van der Waals surface area (Å²) in [6, 6.07) is 19.6. The molecular weight excluding hydrogens is 444 g/mol. The molecule has 1 atom stereocenters. The second kappa shape index (κ2) is 10.7. The third-order valence-corrected chi connectivity index (χ3v) is 6.24. The van der Waals surface area contributed by atoms with Crippen LogP contribution in [0.2, 0.25) is 0 Å². The molecule has 8 nitrogen and oxygen atoms in total. The SMILES string of the molecule is COc1ccc(NS(=O)(=O)c2ccc(OCC(=O)N[C@H](C)c3ccc(OC)cc3)cc2)cc1. The minimum absolute atomic E-state index is 0.0725. The average Bonchev–Trinajstić information content (AvgIpc) is 2.83. The molecule has 9 heteroatoms. The van der Waals surface area contributed by atoms with E-state index in [1.54, 1.807) is 31.4 Å². The number of methoxy groups -OCH3 is 2. The van der Waals surface area contributed by atoms with Crippen molar-refractivity contribution in [3.8, 4) is 17.2 Å². The Morgan fingerprint density at radius 2 is 1.33 bits per heavy atom. The quantitative estimate of drug-likeness (QED) is 0.468. The maximum absolute atomic E-state index is 12.6. The highest BCUT2D eigenvalue weighted by atomic mass is 32.2. The summed E-state index contributed by atoms with van der Waals surface area (Å²) < 4.78 is 43.3. The van der Waals surface area contributed by atoms with E-state index in [1.165, 1.54) is 31.4 Å². The molecule has 1 amide bonds. The third-order valence-electron chi connectivity index (χ3n) is 4.84. The van der Waals surface area contributed by atoms with Gasteiger partial charge < -0.3 is 19.5 Å². The largest absolute Gasteiger partial charge is 0.497 e. The molecule has 0 fully saturated rings. The van der Waals surface area contributed by atoms with E-state index in [9.17, 15) is 13.2 Å². The molecular formula is C24H26N2O6S. The summed E-state index contributed by atoms with van der Waals surface area (Å²) in [4.78, 5) is 12.3. The van der Waals surface area contributed by atoms with E-state index in [2.05, 4.69) is 10.0 Å². The molecule has 0 bridgehead atoms. The van der Waals surface area contributed by atoms with Gasteiger partial charge in [-0.3, -0.25) is 9.52 Å². The van der Waals surface area contributed by atoms with Crippen LogP contribution in [0.5, 0.6) is 17.2 Å². The number of rotatable bonds is 10. The van der Waals surface area contributed by atoms with Crippen LogP contribution >= 0.6 is 0 Å². The number of anilines is 1. The van der Waals surface area contributed by atoms with E-state index < -0.39 is 10.0 Å². The standard InChI is InChI=1S/C24H26N2O6S/c1-17(18-4-8-20(30-2)9-5-18)25-24(27)16-32-22-12-14-23(15-13-22)33(28,29)26-19-6-10-21(31-3)11-7-19/h4-15,17,26H,16H2,1-3H3,(H,25,27)/t17-/m1/s1. The first kappa shape index (κ1) is 23.9. The number of carbonyl (C=O) groups is 1. The Morgan fingerprint density at radius 1 is 0.818 bits per heavy atom. The summed E-state index contributed by atoms with van der Waals surface area (Å²) >= 11 is 0. The van der Waals surface area contributed by atoms with Crippen LogP contribution in [0.4, 0.5) is 5.69 Å². The van der Waals surface area contributed by atoms with E-state index in [4.69, 9.17) is 14.2 Å². The molecule has 0 aliphatic carbocycles. The molecule has 0 heterocycles. The van der Waals surface area contributed by atoms with Gasteiger partial charge in [0.2, 0.25) is 0 Å². The van der Waals surface area contributed by atoms with Crippen LogP contribution in [0, 0.1) is 0 Å². The number of carbonyl (C=O) groups excluding carboxylic acids is 1. The Kier molecular flexibility index (Phi) is 7.78.